The van der Waals surface area contributed by atoms with E-state index in [0.29, 0.717) is 6.10 Å². The molecule has 0 aromatic rings. The normalized spacial score (nSPS) is 18.6. The van der Waals surface area contributed by atoms with Gasteiger partial charge < -0.3 is 9.47 Å². The molecule has 0 unspecified atom stereocenters. The number of rotatable bonds is 7. The fraction of sp³-hybridized carbons (Fsp3) is 1.00. The van der Waals surface area contributed by atoms with Crippen LogP contribution in [0.3, 0.4) is 0 Å². The summed E-state index contributed by atoms with van der Waals surface area (Å²) in [5.74, 6) is 0.740. The maximum absolute atomic E-state index is 5.76. The van der Waals surface area contributed by atoms with E-state index >= 15 is 0 Å². The first-order chi connectivity index (χ1) is 7.29. The van der Waals surface area contributed by atoms with Crippen LogP contribution in [0.2, 0.25) is 0 Å². The average Bonchev–Trinajstić information content (AvgIpc) is 2.24. The summed E-state index contributed by atoms with van der Waals surface area (Å²) >= 11 is 0. The molecule has 0 spiro atoms. The fourth-order valence-corrected chi connectivity index (χ4v) is 1.93. The highest BCUT2D eigenvalue weighted by Crippen LogP contribution is 2.19. The lowest BCUT2D eigenvalue weighted by molar-refractivity contribution is -0.0115. The Morgan fingerprint density at radius 2 is 1.73 bits per heavy atom. The summed E-state index contributed by atoms with van der Waals surface area (Å²) in [5.41, 5.74) is 0. The Morgan fingerprint density at radius 3 is 2.40 bits per heavy atom. The summed E-state index contributed by atoms with van der Waals surface area (Å²) in [6.45, 7) is 6.88. The SMILES string of the molecule is CC(C)CCOCCOC1CCCCC1. The summed E-state index contributed by atoms with van der Waals surface area (Å²) in [6, 6.07) is 0. The van der Waals surface area contributed by atoms with Crippen molar-refractivity contribution in [2.24, 2.45) is 5.92 Å². The lowest BCUT2D eigenvalue weighted by Gasteiger charge is -2.21. The molecule has 0 N–H and O–H groups in total. The van der Waals surface area contributed by atoms with Crippen molar-refractivity contribution in [2.75, 3.05) is 19.8 Å². The molecule has 90 valence electrons. The molecule has 15 heavy (non-hydrogen) atoms. The summed E-state index contributed by atoms with van der Waals surface area (Å²) in [4.78, 5) is 0. The van der Waals surface area contributed by atoms with Crippen LogP contribution in [-0.4, -0.2) is 25.9 Å². The zero-order chi connectivity index (χ0) is 10.9. The predicted molar refractivity (Wildman–Crippen MR) is 63.1 cm³/mol. The molecular weight excluding hydrogens is 188 g/mol. The molecule has 0 bridgehead atoms. The van der Waals surface area contributed by atoms with Crippen LogP contribution in [0.15, 0.2) is 0 Å². The van der Waals surface area contributed by atoms with Crippen molar-refractivity contribution in [3.63, 3.8) is 0 Å². The Labute approximate surface area is 94.3 Å². The Kier molecular flexibility index (Phi) is 7.03. The first-order valence-electron chi connectivity index (χ1n) is 6.48. The van der Waals surface area contributed by atoms with Crippen LogP contribution in [0.5, 0.6) is 0 Å². The molecule has 1 aliphatic rings. The maximum Gasteiger partial charge on any atom is 0.0704 e. The van der Waals surface area contributed by atoms with E-state index in [1.54, 1.807) is 0 Å². The molecule has 2 nitrogen and oxygen atoms in total. The largest absolute Gasteiger partial charge is 0.379 e. The van der Waals surface area contributed by atoms with E-state index in [1.165, 1.54) is 32.1 Å². The minimum absolute atomic E-state index is 0.521. The Balaban J connectivity index is 1.83. The molecule has 1 saturated carbocycles. The zero-order valence-electron chi connectivity index (χ0n) is 10.3. The molecule has 0 aromatic heterocycles. The Bertz CT molecular complexity index is 139. The van der Waals surface area contributed by atoms with Gasteiger partial charge in [-0.05, 0) is 25.2 Å². The third-order valence-electron chi connectivity index (χ3n) is 2.97. The van der Waals surface area contributed by atoms with E-state index in [0.717, 1.165) is 32.2 Å². The minimum atomic E-state index is 0.521. The van der Waals surface area contributed by atoms with Crippen molar-refractivity contribution in [3.05, 3.63) is 0 Å². The maximum atomic E-state index is 5.76. The van der Waals surface area contributed by atoms with Crippen LogP contribution in [0.4, 0.5) is 0 Å². The molecule has 0 saturated heterocycles. The van der Waals surface area contributed by atoms with E-state index in [-0.39, 0.29) is 0 Å². The quantitative estimate of drug-likeness (QED) is 0.605. The van der Waals surface area contributed by atoms with Crippen LogP contribution in [0.1, 0.15) is 52.4 Å². The number of hydrogen-bond acceptors (Lipinski definition) is 2. The van der Waals surface area contributed by atoms with Crippen LogP contribution < -0.4 is 0 Å². The molecule has 1 aliphatic carbocycles. The van der Waals surface area contributed by atoms with Gasteiger partial charge in [-0.3, -0.25) is 0 Å². The van der Waals surface area contributed by atoms with Crippen LogP contribution >= 0.6 is 0 Å². The van der Waals surface area contributed by atoms with E-state index in [1.807, 2.05) is 0 Å². The lowest BCUT2D eigenvalue weighted by atomic mass is 9.98. The van der Waals surface area contributed by atoms with Crippen molar-refractivity contribution in [1.29, 1.82) is 0 Å². The van der Waals surface area contributed by atoms with Crippen LogP contribution in [0, 0.1) is 5.92 Å². The molecule has 1 rings (SSSR count). The molecule has 0 amide bonds. The van der Waals surface area contributed by atoms with Crippen molar-refractivity contribution in [3.8, 4) is 0 Å². The van der Waals surface area contributed by atoms with E-state index in [4.69, 9.17) is 9.47 Å². The molecule has 0 atom stereocenters. The van der Waals surface area contributed by atoms with Gasteiger partial charge in [0.25, 0.3) is 0 Å². The van der Waals surface area contributed by atoms with Gasteiger partial charge in [0.2, 0.25) is 0 Å². The van der Waals surface area contributed by atoms with Gasteiger partial charge in [0, 0.05) is 6.61 Å². The van der Waals surface area contributed by atoms with Gasteiger partial charge in [-0.1, -0.05) is 33.1 Å². The first kappa shape index (κ1) is 13.0. The smallest absolute Gasteiger partial charge is 0.0704 e. The van der Waals surface area contributed by atoms with Crippen molar-refractivity contribution in [1.82, 2.24) is 0 Å². The number of hydrogen-bond donors (Lipinski definition) is 0. The monoisotopic (exact) mass is 214 g/mol. The van der Waals surface area contributed by atoms with Gasteiger partial charge in [-0.2, -0.15) is 0 Å². The highest BCUT2D eigenvalue weighted by molar-refractivity contribution is 4.64. The second-order valence-corrected chi connectivity index (χ2v) is 4.93. The molecule has 1 fully saturated rings. The van der Waals surface area contributed by atoms with Crippen LogP contribution in [0.25, 0.3) is 0 Å². The Hall–Kier alpha value is -0.0800. The second-order valence-electron chi connectivity index (χ2n) is 4.93. The van der Waals surface area contributed by atoms with Gasteiger partial charge in [0.15, 0.2) is 0 Å². The van der Waals surface area contributed by atoms with Crippen molar-refractivity contribution in [2.45, 2.75) is 58.5 Å². The fourth-order valence-electron chi connectivity index (χ4n) is 1.93. The second kappa shape index (κ2) is 8.12. The molecule has 0 radical (unpaired) electrons. The van der Waals surface area contributed by atoms with E-state index in [9.17, 15) is 0 Å². The minimum Gasteiger partial charge on any atom is -0.379 e. The molecule has 0 heterocycles. The van der Waals surface area contributed by atoms with Gasteiger partial charge in [-0.15, -0.1) is 0 Å². The van der Waals surface area contributed by atoms with Gasteiger partial charge in [0.05, 0.1) is 19.3 Å². The number of ether oxygens (including phenoxy) is 2. The third-order valence-corrected chi connectivity index (χ3v) is 2.97. The van der Waals surface area contributed by atoms with Crippen molar-refractivity contribution >= 4 is 0 Å². The summed E-state index contributed by atoms with van der Waals surface area (Å²) in [5, 5.41) is 0. The van der Waals surface area contributed by atoms with E-state index < -0.39 is 0 Å². The molecular formula is C13H26O2. The molecule has 2 heteroatoms. The summed E-state index contributed by atoms with van der Waals surface area (Å²) < 4.78 is 11.3. The lowest BCUT2D eigenvalue weighted by Crippen LogP contribution is -2.19. The highest BCUT2D eigenvalue weighted by atomic mass is 16.5. The molecule has 0 aliphatic heterocycles. The average molecular weight is 214 g/mol. The van der Waals surface area contributed by atoms with Gasteiger partial charge in [-0.25, -0.2) is 0 Å². The standard InChI is InChI=1S/C13H26O2/c1-12(2)8-9-14-10-11-15-13-6-4-3-5-7-13/h12-13H,3-11H2,1-2H3. The topological polar surface area (TPSA) is 18.5 Å². The van der Waals surface area contributed by atoms with Crippen LogP contribution in [-0.2, 0) is 9.47 Å². The summed E-state index contributed by atoms with van der Waals surface area (Å²) in [7, 11) is 0. The van der Waals surface area contributed by atoms with Gasteiger partial charge in [0.1, 0.15) is 0 Å². The summed E-state index contributed by atoms with van der Waals surface area (Å²) in [6.07, 6.45) is 8.27. The van der Waals surface area contributed by atoms with Gasteiger partial charge >= 0.3 is 0 Å². The van der Waals surface area contributed by atoms with E-state index in [2.05, 4.69) is 13.8 Å². The predicted octanol–water partition coefficient (Wildman–Crippen LogP) is 3.40. The Morgan fingerprint density at radius 1 is 1.00 bits per heavy atom. The first-order valence-corrected chi connectivity index (χ1v) is 6.48. The highest BCUT2D eigenvalue weighted by Gasteiger charge is 2.12. The molecule has 0 aromatic carbocycles. The third kappa shape index (κ3) is 6.91. The van der Waals surface area contributed by atoms with Crippen molar-refractivity contribution < 1.29 is 9.47 Å². The zero-order valence-corrected chi connectivity index (χ0v) is 10.3.